The summed E-state index contributed by atoms with van der Waals surface area (Å²) < 4.78 is 21.4. The van der Waals surface area contributed by atoms with Crippen LogP contribution < -0.4 is 20.1 Å². The maximum atomic E-state index is 12.6. The standard InChI is InChI=1S/C24H22N2O7/c1-14-5-6-16(12-18(14)26-23(28)20-4-3-9-30-20)24(29)33-15(2)22(27)25-17-7-8-19-21(13-17)32-11-10-31-19/h3-9,12-13,15H,10-11H2,1-2H3,(H,25,27)(H,26,28)/t15-/m1/s1. The molecule has 0 aliphatic carbocycles. The fourth-order valence-electron chi connectivity index (χ4n) is 3.12. The van der Waals surface area contributed by atoms with E-state index in [0.29, 0.717) is 36.1 Å². The quantitative estimate of drug-likeness (QED) is 0.549. The van der Waals surface area contributed by atoms with Gasteiger partial charge in [0.15, 0.2) is 23.4 Å². The van der Waals surface area contributed by atoms with E-state index in [1.54, 1.807) is 43.3 Å². The van der Waals surface area contributed by atoms with Crippen molar-refractivity contribution >= 4 is 29.2 Å². The molecule has 0 saturated carbocycles. The Hall–Kier alpha value is -4.27. The van der Waals surface area contributed by atoms with Crippen molar-refractivity contribution < 1.29 is 33.0 Å². The molecular weight excluding hydrogens is 428 g/mol. The zero-order valence-corrected chi connectivity index (χ0v) is 18.0. The summed E-state index contributed by atoms with van der Waals surface area (Å²) in [6, 6.07) is 12.9. The number of carbonyl (C=O) groups is 3. The number of hydrogen-bond donors (Lipinski definition) is 2. The lowest BCUT2D eigenvalue weighted by molar-refractivity contribution is -0.123. The lowest BCUT2D eigenvalue weighted by Gasteiger charge is -2.19. The van der Waals surface area contributed by atoms with Crippen LogP contribution in [0.3, 0.4) is 0 Å². The minimum atomic E-state index is -1.06. The van der Waals surface area contributed by atoms with Gasteiger partial charge in [-0.25, -0.2) is 4.79 Å². The molecule has 0 bridgehead atoms. The fraction of sp³-hybridized carbons (Fsp3) is 0.208. The number of hydrogen-bond acceptors (Lipinski definition) is 7. The predicted molar refractivity (Wildman–Crippen MR) is 119 cm³/mol. The van der Waals surface area contributed by atoms with Gasteiger partial charge in [0.25, 0.3) is 11.8 Å². The molecule has 0 unspecified atom stereocenters. The molecular formula is C24H22N2O7. The van der Waals surface area contributed by atoms with Gasteiger partial charge in [0.1, 0.15) is 13.2 Å². The number of esters is 1. The molecule has 2 N–H and O–H groups in total. The van der Waals surface area contributed by atoms with Crippen molar-refractivity contribution in [3.63, 3.8) is 0 Å². The number of nitrogens with one attached hydrogen (secondary N) is 2. The van der Waals surface area contributed by atoms with Crippen LogP contribution >= 0.6 is 0 Å². The van der Waals surface area contributed by atoms with E-state index in [4.69, 9.17) is 18.6 Å². The molecule has 2 heterocycles. The van der Waals surface area contributed by atoms with Crippen LogP contribution in [0.2, 0.25) is 0 Å². The zero-order chi connectivity index (χ0) is 23.4. The number of aryl methyl sites for hydroxylation is 1. The predicted octanol–water partition coefficient (Wildman–Crippen LogP) is 3.80. The highest BCUT2D eigenvalue weighted by atomic mass is 16.6. The lowest BCUT2D eigenvalue weighted by atomic mass is 10.1. The van der Waals surface area contributed by atoms with Crippen molar-refractivity contribution in [1.82, 2.24) is 0 Å². The summed E-state index contributed by atoms with van der Waals surface area (Å²) in [5.41, 5.74) is 1.86. The number of carbonyl (C=O) groups excluding carboxylic acids is 3. The van der Waals surface area contributed by atoms with E-state index in [-0.39, 0.29) is 11.3 Å². The number of benzene rings is 2. The van der Waals surface area contributed by atoms with E-state index < -0.39 is 23.9 Å². The first-order valence-electron chi connectivity index (χ1n) is 10.3. The first-order chi connectivity index (χ1) is 15.9. The topological polar surface area (TPSA) is 116 Å². The van der Waals surface area contributed by atoms with Gasteiger partial charge in [0.2, 0.25) is 0 Å². The molecule has 1 aromatic heterocycles. The van der Waals surface area contributed by atoms with Crippen molar-refractivity contribution in [3.8, 4) is 11.5 Å². The van der Waals surface area contributed by atoms with Gasteiger partial charge < -0.3 is 29.3 Å². The maximum absolute atomic E-state index is 12.6. The molecule has 0 radical (unpaired) electrons. The van der Waals surface area contributed by atoms with Gasteiger partial charge in [-0.05, 0) is 55.8 Å². The minimum Gasteiger partial charge on any atom is -0.486 e. The Balaban J connectivity index is 1.39. The molecule has 170 valence electrons. The van der Waals surface area contributed by atoms with Crippen molar-refractivity contribution in [3.05, 3.63) is 71.7 Å². The number of anilines is 2. The maximum Gasteiger partial charge on any atom is 0.338 e. The highest BCUT2D eigenvalue weighted by molar-refractivity contribution is 6.03. The van der Waals surface area contributed by atoms with Crippen LogP contribution in [0.25, 0.3) is 0 Å². The second-order valence-electron chi connectivity index (χ2n) is 7.36. The molecule has 1 aliphatic heterocycles. The summed E-state index contributed by atoms with van der Waals surface area (Å²) in [4.78, 5) is 37.4. The molecule has 9 nitrogen and oxygen atoms in total. The zero-order valence-electron chi connectivity index (χ0n) is 18.0. The summed E-state index contributed by atoms with van der Waals surface area (Å²) in [6.45, 7) is 4.16. The third-order valence-corrected chi connectivity index (χ3v) is 4.93. The van der Waals surface area contributed by atoms with Crippen LogP contribution in [0.4, 0.5) is 11.4 Å². The molecule has 0 fully saturated rings. The molecule has 4 rings (SSSR count). The van der Waals surface area contributed by atoms with Gasteiger partial charge in [0, 0.05) is 17.4 Å². The van der Waals surface area contributed by atoms with Crippen molar-refractivity contribution in [2.24, 2.45) is 0 Å². The van der Waals surface area contributed by atoms with Crippen molar-refractivity contribution in [2.75, 3.05) is 23.8 Å². The van der Waals surface area contributed by atoms with Crippen molar-refractivity contribution in [1.29, 1.82) is 0 Å². The van der Waals surface area contributed by atoms with E-state index >= 15 is 0 Å². The monoisotopic (exact) mass is 450 g/mol. The second kappa shape index (κ2) is 9.47. The Bertz CT molecular complexity index is 1190. The Morgan fingerprint density at radius 2 is 1.76 bits per heavy atom. The van der Waals surface area contributed by atoms with E-state index in [1.165, 1.54) is 25.3 Å². The van der Waals surface area contributed by atoms with Crippen LogP contribution in [0.1, 0.15) is 33.4 Å². The highest BCUT2D eigenvalue weighted by Crippen LogP contribution is 2.32. The number of fused-ring (bicyclic) bond motifs is 1. The third-order valence-electron chi connectivity index (χ3n) is 4.93. The van der Waals surface area contributed by atoms with E-state index in [9.17, 15) is 14.4 Å². The van der Waals surface area contributed by atoms with Crippen LogP contribution in [-0.2, 0) is 9.53 Å². The lowest BCUT2D eigenvalue weighted by Crippen LogP contribution is -2.30. The number of amides is 2. The highest BCUT2D eigenvalue weighted by Gasteiger charge is 2.21. The normalized spacial score (nSPS) is 13.0. The van der Waals surface area contributed by atoms with Gasteiger partial charge in [-0.3, -0.25) is 9.59 Å². The SMILES string of the molecule is Cc1ccc(C(=O)O[C@H](C)C(=O)Nc2ccc3c(c2)OCCO3)cc1NC(=O)c1ccco1. The minimum absolute atomic E-state index is 0.145. The van der Waals surface area contributed by atoms with Crippen molar-refractivity contribution in [2.45, 2.75) is 20.0 Å². The Morgan fingerprint density at radius 1 is 0.970 bits per heavy atom. The fourth-order valence-corrected chi connectivity index (χ4v) is 3.12. The number of ether oxygens (including phenoxy) is 3. The van der Waals surface area contributed by atoms with E-state index in [2.05, 4.69) is 10.6 Å². The smallest absolute Gasteiger partial charge is 0.338 e. The van der Waals surface area contributed by atoms with Crippen LogP contribution in [0.5, 0.6) is 11.5 Å². The van der Waals surface area contributed by atoms with Gasteiger partial charge in [-0.15, -0.1) is 0 Å². The van der Waals surface area contributed by atoms with Crippen LogP contribution in [-0.4, -0.2) is 37.1 Å². The van der Waals surface area contributed by atoms with Crippen LogP contribution in [0.15, 0.2) is 59.2 Å². The van der Waals surface area contributed by atoms with Crippen LogP contribution in [0, 0.1) is 6.92 Å². The summed E-state index contributed by atoms with van der Waals surface area (Å²) in [7, 11) is 0. The summed E-state index contributed by atoms with van der Waals surface area (Å²) in [5, 5.41) is 5.39. The Kier molecular flexibility index (Phi) is 6.30. The Labute approximate surface area is 189 Å². The number of rotatable bonds is 6. The Morgan fingerprint density at radius 3 is 2.52 bits per heavy atom. The average molecular weight is 450 g/mol. The third kappa shape index (κ3) is 5.15. The first kappa shape index (κ1) is 21.9. The molecule has 33 heavy (non-hydrogen) atoms. The van der Waals surface area contributed by atoms with Gasteiger partial charge in [-0.1, -0.05) is 6.07 Å². The molecule has 0 spiro atoms. The van der Waals surface area contributed by atoms with Gasteiger partial charge in [-0.2, -0.15) is 0 Å². The summed E-state index contributed by atoms with van der Waals surface area (Å²) in [6.07, 6.45) is 0.334. The molecule has 2 amide bonds. The second-order valence-corrected chi connectivity index (χ2v) is 7.36. The molecule has 2 aromatic carbocycles. The average Bonchev–Trinajstić information content (AvgIpc) is 3.35. The largest absolute Gasteiger partial charge is 0.486 e. The molecule has 0 saturated heterocycles. The molecule has 9 heteroatoms. The number of furan rings is 1. The van der Waals surface area contributed by atoms with E-state index in [0.717, 1.165) is 5.56 Å². The molecule has 1 aliphatic rings. The molecule has 1 atom stereocenters. The summed E-state index contributed by atoms with van der Waals surface area (Å²) >= 11 is 0. The first-order valence-corrected chi connectivity index (χ1v) is 10.3. The van der Waals surface area contributed by atoms with Gasteiger partial charge in [0.05, 0.1) is 11.8 Å². The van der Waals surface area contributed by atoms with Gasteiger partial charge >= 0.3 is 5.97 Å². The van der Waals surface area contributed by atoms with E-state index in [1.807, 2.05) is 0 Å². The molecule has 3 aromatic rings. The summed E-state index contributed by atoms with van der Waals surface area (Å²) in [5.74, 6) is -0.361.